The molecule has 2 aromatic rings. The highest BCUT2D eigenvalue weighted by Crippen LogP contribution is 2.31. The molecule has 1 aromatic carbocycles. The third kappa shape index (κ3) is 1.82. The van der Waals surface area contributed by atoms with Gasteiger partial charge < -0.3 is 0 Å². The summed E-state index contributed by atoms with van der Waals surface area (Å²) >= 11 is 0. The molecule has 0 saturated heterocycles. The van der Waals surface area contributed by atoms with E-state index in [1.165, 1.54) is 17.2 Å². The minimum atomic E-state index is -0.209. The predicted octanol–water partition coefficient (Wildman–Crippen LogP) is 3.08. The third-order valence-corrected chi connectivity index (χ3v) is 3.21. The molecule has 0 spiro atoms. The standard InChI is InChI=1S/C14H13FN2/c1-9-7-11-4-2-3-10-5-6-12(15)8-13(10)14(11)17-16-9/h5-8H,2-4H2,1H3. The third-order valence-electron chi connectivity index (χ3n) is 3.21. The van der Waals surface area contributed by atoms with Crippen molar-refractivity contribution in [3.63, 3.8) is 0 Å². The minimum absolute atomic E-state index is 0.209. The van der Waals surface area contributed by atoms with Gasteiger partial charge in [0.1, 0.15) is 5.82 Å². The molecule has 17 heavy (non-hydrogen) atoms. The molecule has 0 saturated carbocycles. The van der Waals surface area contributed by atoms with Gasteiger partial charge in [-0.15, -0.1) is 5.10 Å². The molecule has 2 nitrogen and oxygen atoms in total. The van der Waals surface area contributed by atoms with Crippen LogP contribution in [0.5, 0.6) is 0 Å². The van der Waals surface area contributed by atoms with Crippen molar-refractivity contribution in [1.82, 2.24) is 10.2 Å². The average Bonchev–Trinajstić information content (AvgIpc) is 2.47. The van der Waals surface area contributed by atoms with Crippen molar-refractivity contribution < 1.29 is 4.39 Å². The van der Waals surface area contributed by atoms with Gasteiger partial charge in [-0.05, 0) is 55.5 Å². The summed E-state index contributed by atoms with van der Waals surface area (Å²) in [6, 6.07) is 7.01. The highest BCUT2D eigenvalue weighted by atomic mass is 19.1. The maximum Gasteiger partial charge on any atom is 0.123 e. The van der Waals surface area contributed by atoms with Crippen LogP contribution in [0.4, 0.5) is 4.39 Å². The van der Waals surface area contributed by atoms with Crippen molar-refractivity contribution in [1.29, 1.82) is 0 Å². The maximum absolute atomic E-state index is 13.4. The van der Waals surface area contributed by atoms with E-state index < -0.39 is 0 Å². The number of rotatable bonds is 0. The Morgan fingerprint density at radius 3 is 2.76 bits per heavy atom. The smallest absolute Gasteiger partial charge is 0.123 e. The van der Waals surface area contributed by atoms with E-state index in [4.69, 9.17) is 0 Å². The fraction of sp³-hybridized carbons (Fsp3) is 0.286. The minimum Gasteiger partial charge on any atom is -0.207 e. The molecule has 0 aliphatic heterocycles. The second kappa shape index (κ2) is 3.91. The molecule has 1 heterocycles. The second-order valence-electron chi connectivity index (χ2n) is 4.51. The van der Waals surface area contributed by atoms with Gasteiger partial charge in [0.05, 0.1) is 11.4 Å². The highest BCUT2D eigenvalue weighted by molar-refractivity contribution is 5.67. The fourth-order valence-corrected chi connectivity index (χ4v) is 2.42. The van der Waals surface area contributed by atoms with Crippen molar-refractivity contribution in [2.45, 2.75) is 26.2 Å². The van der Waals surface area contributed by atoms with Crippen LogP contribution in [0, 0.1) is 12.7 Å². The lowest BCUT2D eigenvalue weighted by Gasteiger charge is -2.07. The van der Waals surface area contributed by atoms with Gasteiger partial charge in [-0.2, -0.15) is 5.10 Å². The molecular weight excluding hydrogens is 215 g/mol. The van der Waals surface area contributed by atoms with Crippen LogP contribution in [0.15, 0.2) is 24.3 Å². The number of benzene rings is 1. The Bertz CT molecular complexity index is 578. The first kappa shape index (κ1) is 10.4. The zero-order valence-electron chi connectivity index (χ0n) is 9.70. The number of hydrogen-bond donors (Lipinski definition) is 0. The number of aryl methyl sites for hydroxylation is 3. The lowest BCUT2D eigenvalue weighted by molar-refractivity contribution is 0.627. The van der Waals surface area contributed by atoms with E-state index in [-0.39, 0.29) is 5.82 Å². The van der Waals surface area contributed by atoms with Crippen LogP contribution in [-0.2, 0) is 12.8 Å². The molecule has 1 aliphatic rings. The summed E-state index contributed by atoms with van der Waals surface area (Å²) in [5.74, 6) is -0.209. The zero-order valence-corrected chi connectivity index (χ0v) is 9.70. The summed E-state index contributed by atoms with van der Waals surface area (Å²) in [7, 11) is 0. The van der Waals surface area contributed by atoms with E-state index in [1.54, 1.807) is 6.07 Å². The summed E-state index contributed by atoms with van der Waals surface area (Å²) in [6.07, 6.45) is 3.05. The van der Waals surface area contributed by atoms with Crippen LogP contribution in [0.1, 0.15) is 23.2 Å². The highest BCUT2D eigenvalue weighted by Gasteiger charge is 2.16. The van der Waals surface area contributed by atoms with E-state index in [9.17, 15) is 4.39 Å². The first-order valence-electron chi connectivity index (χ1n) is 5.86. The van der Waals surface area contributed by atoms with Crippen LogP contribution in [0.25, 0.3) is 11.3 Å². The lowest BCUT2D eigenvalue weighted by Crippen LogP contribution is -1.97. The Balaban J connectivity index is 2.26. The van der Waals surface area contributed by atoms with Gasteiger partial charge in [-0.1, -0.05) is 6.07 Å². The number of fused-ring (bicyclic) bond motifs is 3. The predicted molar refractivity (Wildman–Crippen MR) is 64.2 cm³/mol. The van der Waals surface area contributed by atoms with Crippen LogP contribution < -0.4 is 0 Å². The van der Waals surface area contributed by atoms with Crippen molar-refractivity contribution in [2.75, 3.05) is 0 Å². The van der Waals surface area contributed by atoms with Gasteiger partial charge >= 0.3 is 0 Å². The molecule has 86 valence electrons. The van der Waals surface area contributed by atoms with Crippen LogP contribution in [-0.4, -0.2) is 10.2 Å². The van der Waals surface area contributed by atoms with E-state index in [1.807, 2.05) is 13.0 Å². The molecule has 0 bridgehead atoms. The number of hydrogen-bond acceptors (Lipinski definition) is 2. The molecular formula is C14H13FN2. The Morgan fingerprint density at radius 2 is 1.88 bits per heavy atom. The van der Waals surface area contributed by atoms with Crippen LogP contribution in [0.2, 0.25) is 0 Å². The Morgan fingerprint density at radius 1 is 1.06 bits per heavy atom. The molecule has 1 aliphatic carbocycles. The maximum atomic E-state index is 13.4. The van der Waals surface area contributed by atoms with Gasteiger partial charge in [-0.25, -0.2) is 4.39 Å². The summed E-state index contributed by atoms with van der Waals surface area (Å²) in [4.78, 5) is 0. The van der Waals surface area contributed by atoms with Crippen molar-refractivity contribution >= 4 is 0 Å². The van der Waals surface area contributed by atoms with E-state index in [0.29, 0.717) is 0 Å². The quantitative estimate of drug-likeness (QED) is 0.692. The first-order chi connectivity index (χ1) is 8.24. The van der Waals surface area contributed by atoms with E-state index >= 15 is 0 Å². The van der Waals surface area contributed by atoms with Gasteiger partial charge in [-0.3, -0.25) is 0 Å². The molecule has 0 N–H and O–H groups in total. The van der Waals surface area contributed by atoms with E-state index in [0.717, 1.165) is 36.2 Å². The van der Waals surface area contributed by atoms with Gasteiger partial charge in [0.2, 0.25) is 0 Å². The topological polar surface area (TPSA) is 25.8 Å². The van der Waals surface area contributed by atoms with Crippen molar-refractivity contribution in [3.05, 3.63) is 46.9 Å². The normalized spacial score (nSPS) is 13.8. The molecule has 0 amide bonds. The van der Waals surface area contributed by atoms with Gasteiger partial charge in [0.15, 0.2) is 0 Å². The summed E-state index contributed by atoms with van der Waals surface area (Å²) < 4.78 is 13.4. The molecule has 0 atom stereocenters. The summed E-state index contributed by atoms with van der Waals surface area (Å²) in [6.45, 7) is 1.94. The van der Waals surface area contributed by atoms with Gasteiger partial charge in [0.25, 0.3) is 0 Å². The Labute approximate surface area is 99.5 Å². The molecule has 1 aromatic heterocycles. The summed E-state index contributed by atoms with van der Waals surface area (Å²) in [5.41, 5.74) is 5.03. The number of nitrogens with zero attached hydrogens (tertiary/aromatic N) is 2. The fourth-order valence-electron chi connectivity index (χ4n) is 2.42. The van der Waals surface area contributed by atoms with E-state index in [2.05, 4.69) is 16.3 Å². The summed E-state index contributed by atoms with van der Waals surface area (Å²) in [5, 5.41) is 8.33. The molecule has 0 fully saturated rings. The van der Waals surface area contributed by atoms with Crippen LogP contribution in [0.3, 0.4) is 0 Å². The monoisotopic (exact) mass is 228 g/mol. The van der Waals surface area contributed by atoms with Crippen molar-refractivity contribution in [3.8, 4) is 11.3 Å². The zero-order chi connectivity index (χ0) is 11.8. The SMILES string of the molecule is Cc1cc2c(nn1)-c1cc(F)ccc1CCC2. The number of aromatic nitrogens is 2. The van der Waals surface area contributed by atoms with Crippen LogP contribution >= 0.6 is 0 Å². The molecule has 3 heteroatoms. The molecule has 0 radical (unpaired) electrons. The molecule has 3 rings (SSSR count). The largest absolute Gasteiger partial charge is 0.207 e. The lowest BCUT2D eigenvalue weighted by atomic mass is 10.0. The number of halogens is 1. The first-order valence-corrected chi connectivity index (χ1v) is 5.86. The second-order valence-corrected chi connectivity index (χ2v) is 4.51. The van der Waals surface area contributed by atoms with Crippen molar-refractivity contribution in [2.24, 2.45) is 0 Å². The average molecular weight is 228 g/mol. The Kier molecular flexibility index (Phi) is 2.39. The Hall–Kier alpha value is -1.77. The van der Waals surface area contributed by atoms with Gasteiger partial charge in [0, 0.05) is 5.56 Å². The molecule has 0 unspecified atom stereocenters.